The monoisotopic (exact) mass is 368 g/mol. The van der Waals surface area contributed by atoms with Crippen molar-refractivity contribution < 1.29 is 4.52 Å². The number of pyridine rings is 2. The Morgan fingerprint density at radius 3 is 2.79 bits per heavy atom. The molecule has 3 heterocycles. The number of aromatic nitrogens is 3. The fourth-order valence-corrected chi connectivity index (χ4v) is 3.84. The number of aryl methyl sites for hydroxylation is 2. The number of fused-ring (bicyclic) bond motifs is 4. The van der Waals surface area contributed by atoms with E-state index in [-0.39, 0.29) is 6.04 Å². The first-order valence-electron chi connectivity index (χ1n) is 9.37. The van der Waals surface area contributed by atoms with E-state index in [1.54, 1.807) is 0 Å². The lowest BCUT2D eigenvalue weighted by atomic mass is 9.92. The van der Waals surface area contributed by atoms with E-state index in [1.807, 2.05) is 37.5 Å². The van der Waals surface area contributed by atoms with Crippen molar-refractivity contribution in [1.82, 2.24) is 20.4 Å². The second-order valence-electron chi connectivity index (χ2n) is 7.21. The Labute approximate surface area is 163 Å². The Balaban J connectivity index is 1.39. The van der Waals surface area contributed by atoms with Crippen molar-refractivity contribution >= 4 is 0 Å². The SMILES string of the molecule is Cc1cc(-c2ncc(CN[C@@H]3c4cc(on4)-c4ccccc43)cc2C)ccn1. The predicted octanol–water partition coefficient (Wildman–Crippen LogP) is 4.61. The molecule has 2 bridgehead atoms. The van der Waals surface area contributed by atoms with E-state index in [9.17, 15) is 0 Å². The fourth-order valence-electron chi connectivity index (χ4n) is 3.84. The van der Waals surface area contributed by atoms with Gasteiger partial charge in [-0.1, -0.05) is 35.5 Å². The molecule has 0 saturated carbocycles. The molecule has 0 amide bonds. The lowest BCUT2D eigenvalue weighted by molar-refractivity contribution is 0.420. The highest BCUT2D eigenvalue weighted by atomic mass is 16.5. The van der Waals surface area contributed by atoms with Crippen LogP contribution in [0.15, 0.2) is 65.4 Å². The third kappa shape index (κ3) is 2.90. The van der Waals surface area contributed by atoms with Crippen LogP contribution in [-0.2, 0) is 6.54 Å². The van der Waals surface area contributed by atoms with Crippen molar-refractivity contribution in [2.75, 3.05) is 0 Å². The summed E-state index contributed by atoms with van der Waals surface area (Å²) >= 11 is 0. The molecule has 5 rings (SSSR count). The fraction of sp³-hybridized carbons (Fsp3) is 0.174. The summed E-state index contributed by atoms with van der Waals surface area (Å²) < 4.78 is 5.47. The van der Waals surface area contributed by atoms with Crippen LogP contribution in [0.3, 0.4) is 0 Å². The van der Waals surface area contributed by atoms with Crippen molar-refractivity contribution in [3.63, 3.8) is 0 Å². The molecule has 0 aliphatic heterocycles. The number of hydrogen-bond donors (Lipinski definition) is 1. The van der Waals surface area contributed by atoms with Gasteiger partial charge in [0.2, 0.25) is 0 Å². The summed E-state index contributed by atoms with van der Waals surface area (Å²) in [5, 5.41) is 7.84. The maximum Gasteiger partial charge on any atom is 0.167 e. The summed E-state index contributed by atoms with van der Waals surface area (Å²) in [5.41, 5.74) is 8.60. The molecule has 1 aromatic carbocycles. The molecule has 0 radical (unpaired) electrons. The topological polar surface area (TPSA) is 63.8 Å². The van der Waals surface area contributed by atoms with Gasteiger partial charge in [0.05, 0.1) is 11.7 Å². The van der Waals surface area contributed by atoms with Gasteiger partial charge in [0.15, 0.2) is 5.76 Å². The van der Waals surface area contributed by atoms with Gasteiger partial charge >= 0.3 is 0 Å². The second kappa shape index (κ2) is 6.69. The van der Waals surface area contributed by atoms with E-state index in [0.717, 1.165) is 45.1 Å². The number of hydrogen-bond acceptors (Lipinski definition) is 5. The van der Waals surface area contributed by atoms with Gasteiger partial charge in [-0.15, -0.1) is 0 Å². The smallest absolute Gasteiger partial charge is 0.167 e. The quantitative estimate of drug-likeness (QED) is 0.570. The van der Waals surface area contributed by atoms with Crippen molar-refractivity contribution in [2.45, 2.75) is 26.4 Å². The Morgan fingerprint density at radius 1 is 1.04 bits per heavy atom. The normalized spacial score (nSPS) is 14.7. The number of nitrogens with zero attached hydrogens (tertiary/aromatic N) is 3. The molecule has 0 unspecified atom stereocenters. The highest BCUT2D eigenvalue weighted by Gasteiger charge is 2.27. The summed E-state index contributed by atoms with van der Waals surface area (Å²) in [6.07, 6.45) is 3.77. The summed E-state index contributed by atoms with van der Waals surface area (Å²) in [4.78, 5) is 8.98. The molecular formula is C23H20N4O. The average molecular weight is 368 g/mol. The Morgan fingerprint density at radius 2 is 1.93 bits per heavy atom. The minimum absolute atomic E-state index is 0.0188. The zero-order valence-corrected chi connectivity index (χ0v) is 15.8. The molecule has 5 heteroatoms. The summed E-state index contributed by atoms with van der Waals surface area (Å²) in [5.74, 6) is 0.832. The summed E-state index contributed by atoms with van der Waals surface area (Å²) in [7, 11) is 0. The molecule has 1 atom stereocenters. The van der Waals surface area contributed by atoms with E-state index < -0.39 is 0 Å². The van der Waals surface area contributed by atoms with Crippen LogP contribution < -0.4 is 5.32 Å². The lowest BCUT2D eigenvalue weighted by Gasteiger charge is -2.21. The first-order chi connectivity index (χ1) is 13.7. The third-order valence-electron chi connectivity index (χ3n) is 5.18. The highest BCUT2D eigenvalue weighted by Crippen LogP contribution is 2.37. The van der Waals surface area contributed by atoms with Crippen LogP contribution in [0.25, 0.3) is 22.6 Å². The van der Waals surface area contributed by atoms with Crippen LogP contribution >= 0.6 is 0 Å². The van der Waals surface area contributed by atoms with Gasteiger partial charge < -0.3 is 9.84 Å². The van der Waals surface area contributed by atoms with Crippen LogP contribution in [0.1, 0.15) is 34.1 Å². The van der Waals surface area contributed by atoms with Gasteiger partial charge in [-0.25, -0.2) is 0 Å². The molecule has 1 N–H and O–H groups in total. The van der Waals surface area contributed by atoms with Gasteiger partial charge in [0, 0.05) is 41.8 Å². The summed E-state index contributed by atoms with van der Waals surface area (Å²) in [6, 6.07) is 16.6. The maximum atomic E-state index is 5.47. The lowest BCUT2D eigenvalue weighted by Crippen LogP contribution is -2.24. The molecule has 5 nitrogen and oxygen atoms in total. The van der Waals surface area contributed by atoms with Gasteiger partial charge in [0.25, 0.3) is 0 Å². The molecule has 28 heavy (non-hydrogen) atoms. The van der Waals surface area contributed by atoms with Gasteiger partial charge in [-0.05, 0) is 42.7 Å². The molecule has 1 aliphatic rings. The molecule has 3 aromatic heterocycles. The van der Waals surface area contributed by atoms with Crippen LogP contribution in [0.5, 0.6) is 0 Å². The number of rotatable bonds is 4. The van der Waals surface area contributed by atoms with Gasteiger partial charge in [0.1, 0.15) is 5.69 Å². The van der Waals surface area contributed by atoms with Crippen LogP contribution in [-0.4, -0.2) is 15.1 Å². The highest BCUT2D eigenvalue weighted by molar-refractivity contribution is 5.67. The van der Waals surface area contributed by atoms with E-state index in [2.05, 4.69) is 52.7 Å². The standard InChI is InChI=1S/C23H20N4O/c1-14-9-16(12-25-22(14)17-7-8-24-15(2)10-17)13-26-23-19-6-4-3-5-18(19)21-11-20(23)27-28-21/h3-12,23,26H,13H2,1-2H3/t23-/m0/s1. The maximum absolute atomic E-state index is 5.47. The van der Waals surface area contributed by atoms with Crippen molar-refractivity contribution in [3.8, 4) is 22.6 Å². The zero-order chi connectivity index (χ0) is 19.1. The van der Waals surface area contributed by atoms with Gasteiger partial charge in [-0.3, -0.25) is 9.97 Å². The van der Waals surface area contributed by atoms with E-state index in [4.69, 9.17) is 9.51 Å². The van der Waals surface area contributed by atoms with Crippen LogP contribution in [0.4, 0.5) is 0 Å². The molecule has 1 aliphatic carbocycles. The first kappa shape index (κ1) is 16.8. The van der Waals surface area contributed by atoms with E-state index in [1.165, 1.54) is 5.56 Å². The zero-order valence-electron chi connectivity index (χ0n) is 15.8. The molecular weight excluding hydrogens is 348 g/mol. The van der Waals surface area contributed by atoms with E-state index >= 15 is 0 Å². The van der Waals surface area contributed by atoms with Gasteiger partial charge in [-0.2, -0.15) is 0 Å². The van der Waals surface area contributed by atoms with Crippen molar-refractivity contribution in [1.29, 1.82) is 0 Å². The van der Waals surface area contributed by atoms with Crippen LogP contribution in [0.2, 0.25) is 0 Å². The first-order valence-corrected chi connectivity index (χ1v) is 9.37. The average Bonchev–Trinajstić information content (AvgIpc) is 3.13. The third-order valence-corrected chi connectivity index (χ3v) is 5.18. The van der Waals surface area contributed by atoms with E-state index in [0.29, 0.717) is 6.54 Å². The molecule has 0 spiro atoms. The Kier molecular flexibility index (Phi) is 4.02. The largest absolute Gasteiger partial charge is 0.356 e. The predicted molar refractivity (Wildman–Crippen MR) is 108 cm³/mol. The Bertz CT molecular complexity index is 1160. The molecule has 138 valence electrons. The second-order valence-corrected chi connectivity index (χ2v) is 7.21. The number of benzene rings is 1. The van der Waals surface area contributed by atoms with Crippen molar-refractivity contribution in [3.05, 3.63) is 89.0 Å². The number of nitrogens with one attached hydrogen (secondary N) is 1. The van der Waals surface area contributed by atoms with Crippen LogP contribution in [0, 0.1) is 13.8 Å². The molecule has 4 aromatic rings. The molecule has 0 fully saturated rings. The summed E-state index contributed by atoms with van der Waals surface area (Å²) in [6.45, 7) is 4.79. The Hall–Kier alpha value is -3.31. The molecule has 0 saturated heterocycles. The minimum Gasteiger partial charge on any atom is -0.356 e. The van der Waals surface area contributed by atoms with Crippen molar-refractivity contribution in [2.24, 2.45) is 0 Å². The minimum atomic E-state index is 0.0188.